The third-order valence-electron chi connectivity index (χ3n) is 8.18. The van der Waals surface area contributed by atoms with Crippen molar-refractivity contribution >= 4 is 5.91 Å². The molecule has 3 saturated heterocycles. The maximum absolute atomic E-state index is 12.7. The van der Waals surface area contributed by atoms with Crippen LogP contribution in [0.1, 0.15) is 78.7 Å². The highest BCUT2D eigenvalue weighted by molar-refractivity contribution is 5.94. The van der Waals surface area contributed by atoms with Gasteiger partial charge in [-0.15, -0.1) is 0 Å². The number of nitrogens with zero attached hydrogens (tertiary/aromatic N) is 4. The molecule has 3 fully saturated rings. The van der Waals surface area contributed by atoms with Gasteiger partial charge in [0.2, 0.25) is 0 Å². The summed E-state index contributed by atoms with van der Waals surface area (Å²) in [5, 5.41) is 3.19. The Morgan fingerprint density at radius 2 is 1.83 bits per heavy atom. The number of aryl methyl sites for hydroxylation is 1. The number of rotatable bonds is 8. The zero-order valence-electron chi connectivity index (χ0n) is 21.7. The van der Waals surface area contributed by atoms with Crippen molar-refractivity contribution in [2.24, 2.45) is 5.92 Å². The Labute approximate surface area is 214 Å². The molecular formula is C30H37N5O. The van der Waals surface area contributed by atoms with Gasteiger partial charge in [-0.3, -0.25) is 14.7 Å². The van der Waals surface area contributed by atoms with Crippen LogP contribution in [-0.4, -0.2) is 51.4 Å². The molecule has 1 unspecified atom stereocenters. The van der Waals surface area contributed by atoms with Crippen LogP contribution in [0, 0.1) is 12.8 Å². The van der Waals surface area contributed by atoms with Gasteiger partial charge in [-0.1, -0.05) is 31.5 Å². The van der Waals surface area contributed by atoms with Crippen LogP contribution in [0.2, 0.25) is 0 Å². The number of amides is 1. The smallest absolute Gasteiger partial charge is 0.251 e. The van der Waals surface area contributed by atoms with Crippen molar-refractivity contribution in [2.45, 2.75) is 64.3 Å². The van der Waals surface area contributed by atoms with E-state index in [1.165, 1.54) is 12.1 Å². The molecule has 1 aromatic carbocycles. The highest BCUT2D eigenvalue weighted by Gasteiger charge is 2.41. The largest absolute Gasteiger partial charge is 0.350 e. The zero-order valence-corrected chi connectivity index (χ0v) is 21.7. The van der Waals surface area contributed by atoms with Crippen LogP contribution in [0.5, 0.6) is 0 Å². The summed E-state index contributed by atoms with van der Waals surface area (Å²) in [4.78, 5) is 29.5. The van der Waals surface area contributed by atoms with E-state index in [0.29, 0.717) is 30.3 Å². The minimum absolute atomic E-state index is 0.0156. The van der Waals surface area contributed by atoms with Crippen molar-refractivity contribution in [2.75, 3.05) is 19.6 Å². The molecule has 2 aromatic heterocycles. The molecule has 1 amide bonds. The maximum atomic E-state index is 12.7. The van der Waals surface area contributed by atoms with Crippen LogP contribution in [0.3, 0.4) is 0 Å². The van der Waals surface area contributed by atoms with Gasteiger partial charge in [0.25, 0.3) is 5.91 Å². The summed E-state index contributed by atoms with van der Waals surface area (Å²) in [6.45, 7) is 9.30. The van der Waals surface area contributed by atoms with Gasteiger partial charge in [0, 0.05) is 65.9 Å². The van der Waals surface area contributed by atoms with Crippen molar-refractivity contribution in [1.82, 2.24) is 25.2 Å². The van der Waals surface area contributed by atoms with Gasteiger partial charge in [0.15, 0.2) is 5.82 Å². The second-order valence-corrected chi connectivity index (χ2v) is 10.4. The second-order valence-electron chi connectivity index (χ2n) is 10.4. The topological polar surface area (TPSA) is 71.0 Å². The van der Waals surface area contributed by atoms with Crippen molar-refractivity contribution in [1.29, 1.82) is 0 Å². The van der Waals surface area contributed by atoms with Gasteiger partial charge in [0.05, 0.1) is 0 Å². The second kappa shape index (κ2) is 10.9. The van der Waals surface area contributed by atoms with Crippen molar-refractivity contribution in [3.05, 3.63) is 77.4 Å². The summed E-state index contributed by atoms with van der Waals surface area (Å²) in [6, 6.07) is 14.4. The van der Waals surface area contributed by atoms with Crippen LogP contribution in [0.4, 0.5) is 0 Å². The van der Waals surface area contributed by atoms with Crippen LogP contribution < -0.4 is 5.32 Å². The molecule has 36 heavy (non-hydrogen) atoms. The van der Waals surface area contributed by atoms with Crippen molar-refractivity contribution < 1.29 is 4.79 Å². The summed E-state index contributed by atoms with van der Waals surface area (Å²) in [6.07, 6.45) is 8.05. The normalized spacial score (nSPS) is 23.1. The monoisotopic (exact) mass is 483 g/mol. The molecular weight excluding hydrogens is 446 g/mol. The third kappa shape index (κ3) is 5.19. The van der Waals surface area contributed by atoms with Gasteiger partial charge < -0.3 is 5.32 Å². The van der Waals surface area contributed by atoms with Gasteiger partial charge in [0.1, 0.15) is 0 Å². The summed E-state index contributed by atoms with van der Waals surface area (Å²) >= 11 is 0. The Morgan fingerprint density at radius 3 is 2.50 bits per heavy atom. The first kappa shape index (κ1) is 24.6. The predicted molar refractivity (Wildman–Crippen MR) is 143 cm³/mol. The fourth-order valence-corrected chi connectivity index (χ4v) is 5.92. The fraction of sp³-hybridized carbons (Fsp3) is 0.467. The molecule has 3 aliphatic rings. The van der Waals surface area contributed by atoms with Crippen LogP contribution in [0.15, 0.2) is 54.9 Å². The number of piperidine rings is 3. The Balaban J connectivity index is 1.33. The third-order valence-corrected chi connectivity index (χ3v) is 8.18. The first-order chi connectivity index (χ1) is 17.6. The Morgan fingerprint density at radius 1 is 1.08 bits per heavy atom. The van der Waals surface area contributed by atoms with E-state index in [2.05, 4.69) is 35.1 Å². The lowest BCUT2D eigenvalue weighted by Crippen LogP contribution is -2.56. The van der Waals surface area contributed by atoms with E-state index in [0.717, 1.165) is 60.6 Å². The molecule has 6 rings (SSSR count). The number of hydrogen-bond acceptors (Lipinski definition) is 5. The number of nitrogens with one attached hydrogen (secondary N) is 1. The van der Waals surface area contributed by atoms with E-state index in [4.69, 9.17) is 9.97 Å². The molecule has 1 N–H and O–H groups in total. The lowest BCUT2D eigenvalue weighted by molar-refractivity contribution is 0.0290. The van der Waals surface area contributed by atoms with E-state index in [-0.39, 0.29) is 5.91 Å². The van der Waals surface area contributed by atoms with Gasteiger partial charge >= 0.3 is 0 Å². The number of benzene rings is 1. The summed E-state index contributed by atoms with van der Waals surface area (Å²) in [5.41, 5.74) is 5.26. The summed E-state index contributed by atoms with van der Waals surface area (Å²) < 4.78 is 0. The zero-order chi connectivity index (χ0) is 25.1. The molecule has 4 atom stereocenters. The molecule has 6 nitrogen and oxygen atoms in total. The highest BCUT2D eigenvalue weighted by Crippen LogP contribution is 2.42. The average molecular weight is 484 g/mol. The summed E-state index contributed by atoms with van der Waals surface area (Å²) in [7, 11) is 0. The molecule has 6 heteroatoms. The lowest BCUT2D eigenvalue weighted by Gasteiger charge is -2.49. The lowest BCUT2D eigenvalue weighted by atomic mass is 9.74. The minimum atomic E-state index is 0.0156. The van der Waals surface area contributed by atoms with E-state index in [1.54, 1.807) is 0 Å². The molecule has 2 bridgehead atoms. The molecule has 3 aromatic rings. The molecule has 5 heterocycles. The molecule has 188 valence electrons. The van der Waals surface area contributed by atoms with Gasteiger partial charge in [-0.25, -0.2) is 9.97 Å². The number of carbonyl (C=O) groups excluding carboxylic acids is 1. The van der Waals surface area contributed by atoms with E-state index >= 15 is 0 Å². The molecule has 0 spiro atoms. The van der Waals surface area contributed by atoms with E-state index in [1.807, 2.05) is 55.7 Å². The molecule has 0 aliphatic carbocycles. The molecule has 3 aliphatic heterocycles. The number of hydrogen-bond donors (Lipinski definition) is 1. The first-order valence-electron chi connectivity index (χ1n) is 13.4. The van der Waals surface area contributed by atoms with Crippen LogP contribution >= 0.6 is 0 Å². The summed E-state index contributed by atoms with van der Waals surface area (Å²) in [5.74, 6) is 2.25. The Bertz CT molecular complexity index is 1180. The molecule has 0 saturated carbocycles. The van der Waals surface area contributed by atoms with E-state index < -0.39 is 0 Å². The average Bonchev–Trinajstić information content (AvgIpc) is 2.93. The number of carbonyl (C=O) groups is 1. The van der Waals surface area contributed by atoms with Crippen molar-refractivity contribution in [3.63, 3.8) is 0 Å². The quantitative estimate of drug-likeness (QED) is 0.467. The van der Waals surface area contributed by atoms with Crippen LogP contribution in [-0.2, 0) is 0 Å². The van der Waals surface area contributed by atoms with Gasteiger partial charge in [-0.2, -0.15) is 0 Å². The first-order valence-corrected chi connectivity index (χ1v) is 13.4. The van der Waals surface area contributed by atoms with Gasteiger partial charge in [-0.05, 0) is 75.4 Å². The number of aromatic nitrogens is 3. The Hall–Kier alpha value is -3.12. The number of fused-ring (bicyclic) bond motifs is 3. The predicted octanol–water partition coefficient (Wildman–Crippen LogP) is 5.36. The SMILES string of the molecule is CCC(CC)c1cc([C@@H]2CN3CC[C@H]2C[C@@H]3CNC(=O)c2ccc(C)cc2)nc(-c2ccncc2)n1. The highest BCUT2D eigenvalue weighted by atomic mass is 16.1. The standard InChI is InChI=1S/C30H37N5O/c1-4-21(5-2)27-17-28(34-29(33-27)22-10-13-31-14-11-22)26-19-35-15-12-24(26)16-25(35)18-32-30(36)23-8-6-20(3)7-9-23/h6-11,13-14,17,21,24-26H,4-5,12,15-16,18-19H2,1-3H3,(H,32,36)/t24-,25+,26+/m0/s1. The Kier molecular flexibility index (Phi) is 7.42. The van der Waals surface area contributed by atoms with E-state index in [9.17, 15) is 4.79 Å². The van der Waals surface area contributed by atoms with Crippen LogP contribution in [0.25, 0.3) is 11.4 Å². The minimum Gasteiger partial charge on any atom is -0.350 e. The van der Waals surface area contributed by atoms with Crippen molar-refractivity contribution in [3.8, 4) is 11.4 Å². The molecule has 0 radical (unpaired) electrons. The number of pyridine rings is 1. The maximum Gasteiger partial charge on any atom is 0.251 e. The fourth-order valence-electron chi connectivity index (χ4n) is 5.92.